The number of nitrogens with one attached hydrogen (secondary N) is 1. The minimum Gasteiger partial charge on any atom is -0.375 e. The van der Waals surface area contributed by atoms with Crippen LogP contribution < -0.4 is 9.62 Å². The zero-order chi connectivity index (χ0) is 15.6. The summed E-state index contributed by atoms with van der Waals surface area (Å²) < 4.78 is 27.3. The number of aromatic nitrogens is 1. The molecule has 2 aromatic rings. The molecule has 2 rings (SSSR count). The van der Waals surface area contributed by atoms with Crippen molar-refractivity contribution in [3.8, 4) is 0 Å². The van der Waals surface area contributed by atoms with Crippen LogP contribution in [0.5, 0.6) is 0 Å². The van der Waals surface area contributed by atoms with E-state index >= 15 is 0 Å². The van der Waals surface area contributed by atoms with E-state index < -0.39 is 10.0 Å². The van der Waals surface area contributed by atoms with Gasteiger partial charge in [-0.3, -0.25) is 4.72 Å². The number of rotatable bonds is 4. The highest BCUT2D eigenvalue weighted by atomic mass is 35.5. The molecule has 0 fully saturated rings. The van der Waals surface area contributed by atoms with Crippen molar-refractivity contribution in [2.24, 2.45) is 0 Å². The molecule has 0 saturated heterocycles. The molecule has 1 N–H and O–H groups in total. The molecule has 0 amide bonds. The molecule has 1 aromatic carbocycles. The van der Waals surface area contributed by atoms with Crippen molar-refractivity contribution in [1.29, 1.82) is 0 Å². The van der Waals surface area contributed by atoms with Crippen LogP contribution in [0.3, 0.4) is 0 Å². The number of pyridine rings is 1. The first-order valence-electron chi connectivity index (χ1n) is 5.91. The largest absolute Gasteiger partial charge is 0.375 e. The van der Waals surface area contributed by atoms with Crippen LogP contribution in [0.1, 0.15) is 0 Å². The Hall–Kier alpha value is -1.50. The Balaban J connectivity index is 2.45. The van der Waals surface area contributed by atoms with Crippen LogP contribution in [0.15, 0.2) is 41.4 Å². The topological polar surface area (TPSA) is 62.3 Å². The lowest BCUT2D eigenvalue weighted by molar-refractivity contribution is 0.601. The van der Waals surface area contributed by atoms with E-state index in [0.29, 0.717) is 16.4 Å². The van der Waals surface area contributed by atoms with Crippen molar-refractivity contribution in [3.63, 3.8) is 0 Å². The molecule has 1 heterocycles. The molecule has 5 nitrogen and oxygen atoms in total. The number of anilines is 2. The van der Waals surface area contributed by atoms with Gasteiger partial charge >= 0.3 is 0 Å². The quantitative estimate of drug-likeness (QED) is 0.864. The van der Waals surface area contributed by atoms with Gasteiger partial charge in [-0.25, -0.2) is 13.4 Å². The van der Waals surface area contributed by atoms with Crippen molar-refractivity contribution >= 4 is 44.6 Å². The first-order chi connectivity index (χ1) is 9.81. The lowest BCUT2D eigenvalue weighted by atomic mass is 10.2. The van der Waals surface area contributed by atoms with Gasteiger partial charge in [0.1, 0.15) is 5.15 Å². The van der Waals surface area contributed by atoms with E-state index in [-0.39, 0.29) is 10.0 Å². The summed E-state index contributed by atoms with van der Waals surface area (Å²) in [5.74, 6) is 0. The van der Waals surface area contributed by atoms with Crippen LogP contribution in [0, 0.1) is 0 Å². The molecule has 0 atom stereocenters. The minimum absolute atomic E-state index is 0.0344. The van der Waals surface area contributed by atoms with Gasteiger partial charge in [-0.2, -0.15) is 0 Å². The third-order valence-corrected chi connectivity index (χ3v) is 4.56. The zero-order valence-corrected chi connectivity index (χ0v) is 13.7. The Morgan fingerprint density at radius 2 is 1.90 bits per heavy atom. The van der Waals surface area contributed by atoms with Gasteiger partial charge < -0.3 is 4.90 Å². The maximum atomic E-state index is 12.4. The molecule has 0 bridgehead atoms. The molecule has 0 spiro atoms. The lowest BCUT2D eigenvalue weighted by Gasteiger charge is -2.20. The second kappa shape index (κ2) is 6.09. The number of hydrogen-bond acceptors (Lipinski definition) is 4. The Morgan fingerprint density at radius 3 is 2.52 bits per heavy atom. The molecular weight excluding hydrogens is 333 g/mol. The van der Waals surface area contributed by atoms with E-state index in [0.717, 1.165) is 0 Å². The summed E-state index contributed by atoms with van der Waals surface area (Å²) in [6, 6.07) is 7.66. The Morgan fingerprint density at radius 1 is 1.19 bits per heavy atom. The van der Waals surface area contributed by atoms with Crippen LogP contribution in [0.2, 0.25) is 10.2 Å². The molecule has 21 heavy (non-hydrogen) atoms. The number of halogens is 2. The van der Waals surface area contributed by atoms with Crippen molar-refractivity contribution < 1.29 is 8.42 Å². The highest BCUT2D eigenvalue weighted by molar-refractivity contribution is 7.92. The van der Waals surface area contributed by atoms with E-state index in [1.54, 1.807) is 37.2 Å². The number of sulfonamides is 1. The summed E-state index contributed by atoms with van der Waals surface area (Å²) in [4.78, 5) is 5.53. The molecule has 0 saturated carbocycles. The van der Waals surface area contributed by atoms with Crippen LogP contribution in [-0.4, -0.2) is 27.5 Å². The highest BCUT2D eigenvalue weighted by Crippen LogP contribution is 2.33. The fraction of sp³-hybridized carbons (Fsp3) is 0.154. The second-order valence-corrected chi connectivity index (χ2v) is 6.93. The second-order valence-electron chi connectivity index (χ2n) is 4.45. The Kier molecular flexibility index (Phi) is 4.61. The van der Waals surface area contributed by atoms with Crippen molar-refractivity contribution in [3.05, 3.63) is 46.7 Å². The smallest absolute Gasteiger partial charge is 0.262 e. The maximum Gasteiger partial charge on any atom is 0.262 e. The Labute approximate surface area is 133 Å². The summed E-state index contributed by atoms with van der Waals surface area (Å²) in [6.45, 7) is 0. The summed E-state index contributed by atoms with van der Waals surface area (Å²) in [5.41, 5.74) is 0.975. The molecule has 0 aliphatic carbocycles. The van der Waals surface area contributed by atoms with Gasteiger partial charge in [-0.15, -0.1) is 0 Å². The molecule has 0 aliphatic rings. The van der Waals surface area contributed by atoms with E-state index in [4.69, 9.17) is 23.2 Å². The van der Waals surface area contributed by atoms with Gasteiger partial charge in [0.25, 0.3) is 10.0 Å². The Bertz CT molecular complexity index is 764. The predicted molar refractivity (Wildman–Crippen MR) is 85.8 cm³/mol. The highest BCUT2D eigenvalue weighted by Gasteiger charge is 2.18. The van der Waals surface area contributed by atoms with Gasteiger partial charge in [0.2, 0.25) is 0 Å². The number of hydrogen-bond donors (Lipinski definition) is 1. The predicted octanol–water partition coefficient (Wildman–Crippen LogP) is 3.26. The van der Waals surface area contributed by atoms with E-state index in [1.165, 1.54) is 18.3 Å². The molecule has 0 aliphatic heterocycles. The minimum atomic E-state index is -3.77. The summed E-state index contributed by atoms with van der Waals surface area (Å²) in [6.07, 6.45) is 1.34. The monoisotopic (exact) mass is 345 g/mol. The number of benzene rings is 1. The average Bonchev–Trinajstić information content (AvgIpc) is 2.37. The van der Waals surface area contributed by atoms with Crippen molar-refractivity contribution in [2.45, 2.75) is 4.90 Å². The first-order valence-corrected chi connectivity index (χ1v) is 8.15. The average molecular weight is 346 g/mol. The third kappa shape index (κ3) is 3.58. The van der Waals surface area contributed by atoms with Crippen LogP contribution >= 0.6 is 23.2 Å². The molecule has 1 aromatic heterocycles. The van der Waals surface area contributed by atoms with E-state index in [2.05, 4.69) is 9.71 Å². The lowest BCUT2D eigenvalue weighted by Crippen LogP contribution is -2.17. The van der Waals surface area contributed by atoms with E-state index in [1.807, 2.05) is 0 Å². The van der Waals surface area contributed by atoms with Crippen molar-refractivity contribution in [2.75, 3.05) is 23.7 Å². The molecular formula is C13H13Cl2N3O2S. The molecule has 8 heteroatoms. The summed E-state index contributed by atoms with van der Waals surface area (Å²) in [5, 5.41) is 0.560. The molecule has 0 radical (unpaired) electrons. The fourth-order valence-electron chi connectivity index (χ4n) is 1.81. The normalized spacial score (nSPS) is 11.2. The maximum absolute atomic E-state index is 12.4. The van der Waals surface area contributed by atoms with Crippen LogP contribution in [-0.2, 0) is 10.0 Å². The van der Waals surface area contributed by atoms with Crippen molar-refractivity contribution in [1.82, 2.24) is 4.98 Å². The van der Waals surface area contributed by atoms with Gasteiger partial charge in [0.15, 0.2) is 0 Å². The van der Waals surface area contributed by atoms with Crippen LogP contribution in [0.25, 0.3) is 0 Å². The van der Waals surface area contributed by atoms with Gasteiger partial charge in [-0.1, -0.05) is 29.3 Å². The summed E-state index contributed by atoms with van der Waals surface area (Å²) >= 11 is 11.8. The number of para-hydroxylation sites is 1. The zero-order valence-electron chi connectivity index (χ0n) is 11.3. The fourth-order valence-corrected chi connectivity index (χ4v) is 3.47. The number of nitrogens with zero attached hydrogens (tertiary/aromatic N) is 2. The SMILES string of the molecule is CN(C)c1c(Cl)cccc1NS(=O)(=O)c1ccnc(Cl)c1. The van der Waals surface area contributed by atoms with Gasteiger partial charge in [0, 0.05) is 20.3 Å². The van der Waals surface area contributed by atoms with E-state index in [9.17, 15) is 8.42 Å². The molecule has 0 unspecified atom stereocenters. The third-order valence-electron chi connectivity index (χ3n) is 2.69. The standard InChI is InChI=1S/C13H13Cl2N3O2S/c1-18(2)13-10(14)4-3-5-11(13)17-21(19,20)9-6-7-16-12(15)8-9/h3-8,17H,1-2H3. The first kappa shape index (κ1) is 15.9. The molecule has 112 valence electrons. The van der Waals surface area contributed by atoms with Gasteiger partial charge in [0.05, 0.1) is 21.3 Å². The van der Waals surface area contributed by atoms with Crippen LogP contribution in [0.4, 0.5) is 11.4 Å². The van der Waals surface area contributed by atoms with Gasteiger partial charge in [-0.05, 0) is 24.3 Å². The summed E-state index contributed by atoms with van der Waals surface area (Å²) in [7, 11) is -0.208.